The normalized spacial score (nSPS) is 18.0. The lowest BCUT2D eigenvalue weighted by Crippen LogP contribution is -2.48. The second kappa shape index (κ2) is 8.64. The van der Waals surface area contributed by atoms with Crippen LogP contribution in [0.1, 0.15) is 18.1 Å². The van der Waals surface area contributed by atoms with Gasteiger partial charge in [0, 0.05) is 5.02 Å². The third kappa shape index (κ3) is 4.06. The van der Waals surface area contributed by atoms with Crippen LogP contribution in [0, 0.1) is 6.92 Å². The number of aryl methyl sites for hydroxylation is 1. The zero-order valence-corrected chi connectivity index (χ0v) is 18.8. The predicted octanol–water partition coefficient (Wildman–Crippen LogP) is 2.82. The molecule has 0 bridgehead atoms. The molecule has 32 heavy (non-hydrogen) atoms. The minimum Gasteiger partial charge on any atom is -0.318 e. The number of thioether (sulfide) groups is 1. The van der Waals surface area contributed by atoms with Crippen molar-refractivity contribution in [1.82, 2.24) is 30.5 Å². The van der Waals surface area contributed by atoms with Gasteiger partial charge >= 0.3 is 6.03 Å². The van der Waals surface area contributed by atoms with Gasteiger partial charge in [0.25, 0.3) is 5.91 Å². The largest absolute Gasteiger partial charge is 0.344 e. The van der Waals surface area contributed by atoms with Crippen molar-refractivity contribution in [3.8, 4) is 5.69 Å². The van der Waals surface area contributed by atoms with Gasteiger partial charge in [0.1, 0.15) is 11.9 Å². The van der Waals surface area contributed by atoms with Crippen LogP contribution < -0.4 is 10.7 Å². The van der Waals surface area contributed by atoms with E-state index >= 15 is 0 Å². The highest BCUT2D eigenvalue weighted by Gasteiger charge is 2.49. The van der Waals surface area contributed by atoms with E-state index in [0.717, 1.165) is 23.0 Å². The molecule has 1 saturated heterocycles. The van der Waals surface area contributed by atoms with Gasteiger partial charge in [0.2, 0.25) is 5.91 Å². The van der Waals surface area contributed by atoms with Crippen LogP contribution in [0.4, 0.5) is 4.79 Å². The van der Waals surface area contributed by atoms with Crippen molar-refractivity contribution in [1.29, 1.82) is 0 Å². The molecule has 2 aromatic carbocycles. The molecule has 0 saturated carbocycles. The molecule has 164 valence electrons. The Labute approximate surface area is 193 Å². The summed E-state index contributed by atoms with van der Waals surface area (Å²) < 4.78 is 1.70. The highest BCUT2D eigenvalue weighted by molar-refractivity contribution is 7.99. The maximum absolute atomic E-state index is 12.9. The lowest BCUT2D eigenvalue weighted by atomic mass is 9.92. The summed E-state index contributed by atoms with van der Waals surface area (Å²) >= 11 is 7.31. The molecule has 2 heterocycles. The molecule has 0 spiro atoms. The van der Waals surface area contributed by atoms with E-state index in [-0.39, 0.29) is 5.75 Å². The predicted molar refractivity (Wildman–Crippen MR) is 119 cm³/mol. The number of hydrazine groups is 1. The van der Waals surface area contributed by atoms with Gasteiger partial charge in [-0.25, -0.2) is 4.79 Å². The fourth-order valence-electron chi connectivity index (χ4n) is 3.23. The second-order valence-corrected chi connectivity index (χ2v) is 8.65. The monoisotopic (exact) mass is 470 g/mol. The highest BCUT2D eigenvalue weighted by Crippen LogP contribution is 2.28. The van der Waals surface area contributed by atoms with Gasteiger partial charge in [-0.15, -0.1) is 10.2 Å². The summed E-state index contributed by atoms with van der Waals surface area (Å²) in [6.07, 6.45) is 1.52. The first-order valence-electron chi connectivity index (χ1n) is 9.60. The molecular formula is C21H19ClN6O3S. The van der Waals surface area contributed by atoms with E-state index in [9.17, 15) is 14.4 Å². The molecule has 4 rings (SSSR count). The first-order valence-corrected chi connectivity index (χ1v) is 11.0. The van der Waals surface area contributed by atoms with Crippen LogP contribution in [0.25, 0.3) is 5.69 Å². The highest BCUT2D eigenvalue weighted by atomic mass is 35.5. The van der Waals surface area contributed by atoms with E-state index < -0.39 is 23.4 Å². The molecule has 0 radical (unpaired) electrons. The molecular weight excluding hydrogens is 452 g/mol. The number of urea groups is 1. The number of carbonyl (C=O) groups is 3. The Bertz CT molecular complexity index is 1200. The van der Waals surface area contributed by atoms with E-state index in [1.807, 2.05) is 25.1 Å². The molecule has 3 aromatic rings. The minimum atomic E-state index is -1.26. The zero-order chi connectivity index (χ0) is 22.9. The molecule has 1 aliphatic rings. The van der Waals surface area contributed by atoms with Crippen molar-refractivity contribution in [3.63, 3.8) is 0 Å². The van der Waals surface area contributed by atoms with Crippen LogP contribution in [0.15, 0.2) is 60.0 Å². The standard InChI is InChI=1S/C21H19ClN6O3S/c1-13-8-9-15(10-16(13)22)27-12-23-25-20(27)32-11-17(29)26-28-18(30)21(2,24-19(28)31)14-6-4-3-5-7-14/h3-10,12H,11H2,1-2H3,(H,24,31)(H,26,29). The number of carbonyl (C=O) groups excluding carboxylic acids is 3. The van der Waals surface area contributed by atoms with E-state index in [1.54, 1.807) is 41.8 Å². The Morgan fingerprint density at radius 2 is 1.97 bits per heavy atom. The van der Waals surface area contributed by atoms with Crippen molar-refractivity contribution in [3.05, 3.63) is 71.0 Å². The molecule has 2 N–H and O–H groups in total. The van der Waals surface area contributed by atoms with Crippen molar-refractivity contribution in [2.75, 3.05) is 5.75 Å². The summed E-state index contributed by atoms with van der Waals surface area (Å²) in [7, 11) is 0. The zero-order valence-electron chi connectivity index (χ0n) is 17.2. The quantitative estimate of drug-likeness (QED) is 0.423. The summed E-state index contributed by atoms with van der Waals surface area (Å²) in [6.45, 7) is 3.50. The average molecular weight is 471 g/mol. The molecule has 4 amide bonds. The maximum Gasteiger partial charge on any atom is 0.344 e. The number of rotatable bonds is 6. The summed E-state index contributed by atoms with van der Waals surface area (Å²) in [5.41, 5.74) is 3.42. The van der Waals surface area contributed by atoms with Crippen LogP contribution in [0.5, 0.6) is 0 Å². The lowest BCUT2D eigenvalue weighted by molar-refractivity contribution is -0.138. The molecule has 11 heteroatoms. The number of nitrogens with zero attached hydrogens (tertiary/aromatic N) is 4. The Morgan fingerprint density at radius 3 is 2.69 bits per heavy atom. The van der Waals surface area contributed by atoms with Gasteiger partial charge in [0.15, 0.2) is 5.16 Å². The first kappa shape index (κ1) is 21.8. The summed E-state index contributed by atoms with van der Waals surface area (Å²) in [4.78, 5) is 37.8. The SMILES string of the molecule is Cc1ccc(-n2cnnc2SCC(=O)NN2C(=O)NC(C)(c3ccccc3)C2=O)cc1Cl. The van der Waals surface area contributed by atoms with Gasteiger partial charge in [-0.3, -0.25) is 19.6 Å². The van der Waals surface area contributed by atoms with Crippen LogP contribution in [0.2, 0.25) is 5.02 Å². The molecule has 1 fully saturated rings. The number of benzene rings is 2. The van der Waals surface area contributed by atoms with Crippen LogP contribution in [-0.2, 0) is 15.1 Å². The average Bonchev–Trinajstić information content (AvgIpc) is 3.34. The Balaban J connectivity index is 1.42. The number of amides is 4. The number of aromatic nitrogens is 3. The van der Waals surface area contributed by atoms with E-state index in [0.29, 0.717) is 20.8 Å². The third-order valence-corrected chi connectivity index (χ3v) is 6.41. The van der Waals surface area contributed by atoms with Crippen molar-refractivity contribution >= 4 is 41.2 Å². The van der Waals surface area contributed by atoms with E-state index in [1.165, 1.54) is 6.33 Å². The molecule has 1 unspecified atom stereocenters. The van der Waals surface area contributed by atoms with Gasteiger partial charge in [0.05, 0.1) is 11.4 Å². The molecule has 1 aliphatic heterocycles. The molecule has 0 aliphatic carbocycles. The molecule has 1 aromatic heterocycles. The van der Waals surface area contributed by atoms with E-state index in [4.69, 9.17) is 11.6 Å². The second-order valence-electron chi connectivity index (χ2n) is 7.30. The number of hydrogen-bond donors (Lipinski definition) is 2. The van der Waals surface area contributed by atoms with Gasteiger partial charge < -0.3 is 5.32 Å². The van der Waals surface area contributed by atoms with Gasteiger partial charge in [-0.05, 0) is 37.1 Å². The number of imide groups is 1. The number of hydrogen-bond acceptors (Lipinski definition) is 6. The lowest BCUT2D eigenvalue weighted by Gasteiger charge is -2.22. The van der Waals surface area contributed by atoms with Crippen molar-refractivity contribution in [2.45, 2.75) is 24.5 Å². The Kier molecular flexibility index (Phi) is 5.90. The molecule has 9 nitrogen and oxygen atoms in total. The number of halogens is 1. The Morgan fingerprint density at radius 1 is 1.22 bits per heavy atom. The van der Waals surface area contributed by atoms with Crippen LogP contribution >= 0.6 is 23.4 Å². The number of nitrogens with one attached hydrogen (secondary N) is 2. The Hall–Kier alpha value is -3.37. The summed E-state index contributed by atoms with van der Waals surface area (Å²) in [6, 6.07) is 13.7. The van der Waals surface area contributed by atoms with Crippen molar-refractivity contribution < 1.29 is 14.4 Å². The van der Waals surface area contributed by atoms with Crippen LogP contribution in [0.3, 0.4) is 0 Å². The van der Waals surface area contributed by atoms with Crippen LogP contribution in [-0.4, -0.2) is 43.4 Å². The summed E-state index contributed by atoms with van der Waals surface area (Å²) in [5.74, 6) is -1.19. The third-order valence-electron chi connectivity index (χ3n) is 5.06. The minimum absolute atomic E-state index is 0.0859. The summed E-state index contributed by atoms with van der Waals surface area (Å²) in [5, 5.41) is 12.3. The maximum atomic E-state index is 12.9. The van der Waals surface area contributed by atoms with Gasteiger partial charge in [-0.1, -0.05) is 59.8 Å². The fraction of sp³-hybridized carbons (Fsp3) is 0.190. The topological polar surface area (TPSA) is 109 Å². The molecule has 1 atom stereocenters. The smallest absolute Gasteiger partial charge is 0.318 e. The first-order chi connectivity index (χ1) is 15.3. The van der Waals surface area contributed by atoms with Gasteiger partial charge in [-0.2, -0.15) is 5.01 Å². The van der Waals surface area contributed by atoms with E-state index in [2.05, 4.69) is 20.9 Å². The van der Waals surface area contributed by atoms with Crippen molar-refractivity contribution in [2.24, 2.45) is 0 Å². The fourth-order valence-corrected chi connectivity index (χ4v) is 4.12.